The molecule has 0 atom stereocenters. The van der Waals surface area contributed by atoms with E-state index in [1.807, 2.05) is 47.8 Å². The number of thiophene rings is 1. The standard InChI is InChI=1S/C17H12N6OS2/c24-16(19-17-18-8-10-26-17)14(11-13-7-4-9-25-13)23-15(20-21-22-23)12-5-2-1-3-6-12/h1-11H,(H,18,19,24)/b14-11-. The minimum absolute atomic E-state index is 0.312. The molecule has 4 aromatic rings. The minimum atomic E-state index is -0.335. The van der Waals surface area contributed by atoms with Crippen molar-refractivity contribution in [1.29, 1.82) is 0 Å². The molecule has 0 saturated carbocycles. The molecule has 1 N–H and O–H groups in total. The van der Waals surface area contributed by atoms with Crippen molar-refractivity contribution in [3.63, 3.8) is 0 Å². The lowest BCUT2D eigenvalue weighted by Crippen LogP contribution is -2.19. The number of thiazole rings is 1. The van der Waals surface area contributed by atoms with Crippen LogP contribution in [0, 0.1) is 0 Å². The first-order valence-corrected chi connectivity index (χ1v) is 9.37. The fraction of sp³-hybridized carbons (Fsp3) is 0. The Labute approximate surface area is 156 Å². The predicted octanol–water partition coefficient (Wildman–Crippen LogP) is 3.49. The second-order valence-electron chi connectivity index (χ2n) is 5.12. The van der Waals surface area contributed by atoms with Crippen LogP contribution >= 0.6 is 22.7 Å². The Morgan fingerprint density at radius 1 is 1.08 bits per heavy atom. The van der Waals surface area contributed by atoms with Gasteiger partial charge in [0, 0.05) is 22.0 Å². The van der Waals surface area contributed by atoms with Crippen molar-refractivity contribution in [3.05, 3.63) is 64.3 Å². The van der Waals surface area contributed by atoms with Gasteiger partial charge in [-0.3, -0.25) is 10.1 Å². The summed E-state index contributed by atoms with van der Waals surface area (Å²) >= 11 is 2.87. The number of carbonyl (C=O) groups is 1. The van der Waals surface area contributed by atoms with Gasteiger partial charge >= 0.3 is 0 Å². The molecule has 26 heavy (non-hydrogen) atoms. The van der Waals surface area contributed by atoms with Gasteiger partial charge in [0.1, 0.15) is 5.70 Å². The number of hydrogen-bond acceptors (Lipinski definition) is 7. The Balaban J connectivity index is 1.77. The lowest BCUT2D eigenvalue weighted by molar-refractivity contribution is -0.111. The number of amides is 1. The van der Waals surface area contributed by atoms with Gasteiger partial charge in [-0.05, 0) is 27.9 Å². The zero-order chi connectivity index (χ0) is 17.8. The first-order valence-electron chi connectivity index (χ1n) is 7.61. The first-order chi connectivity index (χ1) is 12.8. The molecule has 1 aromatic carbocycles. The largest absolute Gasteiger partial charge is 0.296 e. The number of rotatable bonds is 5. The number of hydrogen-bond donors (Lipinski definition) is 1. The van der Waals surface area contributed by atoms with E-state index < -0.39 is 0 Å². The molecule has 0 saturated heterocycles. The summed E-state index contributed by atoms with van der Waals surface area (Å²) in [4.78, 5) is 17.9. The SMILES string of the molecule is O=C(Nc1nccs1)/C(=C/c1cccs1)n1nnnc1-c1ccccc1. The topological polar surface area (TPSA) is 85.6 Å². The third kappa shape index (κ3) is 3.44. The summed E-state index contributed by atoms with van der Waals surface area (Å²) in [5, 5.41) is 18.9. The summed E-state index contributed by atoms with van der Waals surface area (Å²) in [7, 11) is 0. The Hall–Kier alpha value is -3.17. The van der Waals surface area contributed by atoms with E-state index in [4.69, 9.17) is 0 Å². The average Bonchev–Trinajstić information content (AvgIpc) is 3.42. The van der Waals surface area contributed by atoms with Crippen molar-refractivity contribution in [3.8, 4) is 11.4 Å². The number of anilines is 1. The van der Waals surface area contributed by atoms with Crippen LogP contribution in [0.3, 0.4) is 0 Å². The maximum absolute atomic E-state index is 12.9. The number of benzene rings is 1. The highest BCUT2D eigenvalue weighted by molar-refractivity contribution is 7.13. The van der Waals surface area contributed by atoms with Gasteiger partial charge in [0.15, 0.2) is 11.0 Å². The summed E-state index contributed by atoms with van der Waals surface area (Å²) in [5.74, 6) is 0.153. The van der Waals surface area contributed by atoms with E-state index in [1.165, 1.54) is 27.4 Å². The molecule has 0 spiro atoms. The van der Waals surface area contributed by atoms with E-state index >= 15 is 0 Å². The highest BCUT2D eigenvalue weighted by Gasteiger charge is 2.20. The van der Waals surface area contributed by atoms with Crippen LogP contribution in [0.1, 0.15) is 4.88 Å². The van der Waals surface area contributed by atoms with Crippen molar-refractivity contribution in [2.75, 3.05) is 5.32 Å². The van der Waals surface area contributed by atoms with Gasteiger partial charge in [0.25, 0.3) is 5.91 Å². The molecule has 3 aromatic heterocycles. The minimum Gasteiger partial charge on any atom is -0.296 e. The van der Waals surface area contributed by atoms with Gasteiger partial charge in [0.05, 0.1) is 0 Å². The van der Waals surface area contributed by atoms with Crippen molar-refractivity contribution in [2.45, 2.75) is 0 Å². The first kappa shape index (κ1) is 16.3. The average molecular weight is 380 g/mol. The predicted molar refractivity (Wildman–Crippen MR) is 102 cm³/mol. The molecule has 7 nitrogen and oxygen atoms in total. The molecule has 9 heteroatoms. The van der Waals surface area contributed by atoms with Crippen LogP contribution in [0.15, 0.2) is 59.4 Å². The van der Waals surface area contributed by atoms with Crippen molar-refractivity contribution >= 4 is 45.5 Å². The monoisotopic (exact) mass is 380 g/mol. The highest BCUT2D eigenvalue weighted by atomic mass is 32.1. The van der Waals surface area contributed by atoms with Gasteiger partial charge in [-0.2, -0.15) is 4.68 Å². The second kappa shape index (κ2) is 7.38. The Morgan fingerprint density at radius 3 is 2.69 bits per heavy atom. The van der Waals surface area contributed by atoms with Gasteiger partial charge in [0.2, 0.25) is 0 Å². The molecule has 0 fully saturated rings. The Kier molecular flexibility index (Phi) is 4.63. The molecule has 128 valence electrons. The fourth-order valence-electron chi connectivity index (χ4n) is 2.29. The quantitative estimate of drug-likeness (QED) is 0.536. The van der Waals surface area contributed by atoms with Crippen LogP contribution in [0.2, 0.25) is 0 Å². The molecule has 1 amide bonds. The summed E-state index contributed by atoms with van der Waals surface area (Å²) in [6.07, 6.45) is 3.39. The molecule has 4 rings (SSSR count). The summed E-state index contributed by atoms with van der Waals surface area (Å²) in [6, 6.07) is 13.3. The zero-order valence-electron chi connectivity index (χ0n) is 13.3. The van der Waals surface area contributed by atoms with E-state index in [1.54, 1.807) is 17.7 Å². The molecule has 0 radical (unpaired) electrons. The van der Waals surface area contributed by atoms with Crippen LogP contribution in [0.5, 0.6) is 0 Å². The van der Waals surface area contributed by atoms with Crippen LogP contribution in [0.25, 0.3) is 23.2 Å². The normalized spacial score (nSPS) is 11.5. The van der Waals surface area contributed by atoms with Gasteiger partial charge < -0.3 is 0 Å². The number of aromatic nitrogens is 5. The molecular formula is C17H12N6OS2. The van der Waals surface area contributed by atoms with E-state index in [2.05, 4.69) is 25.8 Å². The van der Waals surface area contributed by atoms with Crippen molar-refractivity contribution < 1.29 is 4.79 Å². The summed E-state index contributed by atoms with van der Waals surface area (Å²) in [5.41, 5.74) is 1.13. The maximum atomic E-state index is 12.9. The Morgan fingerprint density at radius 2 is 1.96 bits per heavy atom. The smallest absolute Gasteiger partial charge is 0.276 e. The maximum Gasteiger partial charge on any atom is 0.276 e. The zero-order valence-corrected chi connectivity index (χ0v) is 14.9. The van der Waals surface area contributed by atoms with Crippen molar-refractivity contribution in [1.82, 2.24) is 25.2 Å². The van der Waals surface area contributed by atoms with Crippen molar-refractivity contribution in [2.24, 2.45) is 0 Å². The van der Waals surface area contributed by atoms with E-state index in [9.17, 15) is 4.79 Å². The van der Waals surface area contributed by atoms with Gasteiger partial charge in [-0.1, -0.05) is 36.4 Å². The molecule has 0 aliphatic rings. The summed E-state index contributed by atoms with van der Waals surface area (Å²) in [6.45, 7) is 0. The Bertz CT molecular complexity index is 1020. The van der Waals surface area contributed by atoms with Crippen LogP contribution in [0.4, 0.5) is 5.13 Å². The number of carbonyl (C=O) groups excluding carboxylic acids is 1. The molecular weight excluding hydrogens is 368 g/mol. The van der Waals surface area contributed by atoms with Gasteiger partial charge in [-0.15, -0.1) is 27.8 Å². The van der Waals surface area contributed by atoms with Crippen LogP contribution in [-0.2, 0) is 4.79 Å². The lowest BCUT2D eigenvalue weighted by atomic mass is 10.2. The molecule has 0 aliphatic heterocycles. The molecule has 3 heterocycles. The third-order valence-corrected chi connectivity index (χ3v) is 4.95. The third-order valence-electron chi connectivity index (χ3n) is 3.44. The van der Waals surface area contributed by atoms with Crippen LogP contribution in [-0.4, -0.2) is 31.1 Å². The number of tetrazole rings is 1. The number of nitrogens with one attached hydrogen (secondary N) is 1. The molecule has 0 unspecified atom stereocenters. The van der Waals surface area contributed by atoms with E-state index in [-0.39, 0.29) is 5.91 Å². The number of nitrogens with zero attached hydrogens (tertiary/aromatic N) is 5. The second-order valence-corrected chi connectivity index (χ2v) is 6.99. The van der Waals surface area contributed by atoms with E-state index in [0.29, 0.717) is 16.7 Å². The molecule has 0 aliphatic carbocycles. The fourth-order valence-corrected chi connectivity index (χ4v) is 3.47. The molecule has 0 bridgehead atoms. The highest BCUT2D eigenvalue weighted by Crippen LogP contribution is 2.23. The van der Waals surface area contributed by atoms with Gasteiger partial charge in [-0.25, -0.2) is 4.98 Å². The lowest BCUT2D eigenvalue weighted by Gasteiger charge is -2.09. The van der Waals surface area contributed by atoms with Crippen LogP contribution < -0.4 is 5.32 Å². The van der Waals surface area contributed by atoms with E-state index in [0.717, 1.165) is 10.4 Å². The summed E-state index contributed by atoms with van der Waals surface area (Å²) < 4.78 is 1.44.